The summed E-state index contributed by atoms with van der Waals surface area (Å²) in [6.45, 7) is 2.85. The molecule has 1 N–H and O–H groups in total. The standard InChI is InChI=1S/C15H21NOS/c1-17-11-10-16-9-5-4-6-13-12-18-15-8-3-2-7-14(13)15/h2-3,7-8,12,16H,4-6,9-11H2,1H3. The van der Waals surface area contributed by atoms with Gasteiger partial charge in [0.05, 0.1) is 6.61 Å². The average Bonchev–Trinajstić information content (AvgIpc) is 2.81. The largest absolute Gasteiger partial charge is 0.383 e. The summed E-state index contributed by atoms with van der Waals surface area (Å²) in [6.07, 6.45) is 3.67. The zero-order chi connectivity index (χ0) is 12.6. The van der Waals surface area contributed by atoms with Gasteiger partial charge in [-0.25, -0.2) is 0 Å². The Morgan fingerprint density at radius 2 is 2.06 bits per heavy atom. The molecular formula is C15H21NOS. The van der Waals surface area contributed by atoms with Gasteiger partial charge in [0.15, 0.2) is 0 Å². The van der Waals surface area contributed by atoms with Crippen LogP contribution in [0.5, 0.6) is 0 Å². The molecule has 0 spiro atoms. The van der Waals surface area contributed by atoms with Crippen molar-refractivity contribution < 1.29 is 4.74 Å². The molecule has 0 aliphatic carbocycles. The zero-order valence-electron chi connectivity index (χ0n) is 10.9. The van der Waals surface area contributed by atoms with Crippen LogP contribution < -0.4 is 5.32 Å². The van der Waals surface area contributed by atoms with Gasteiger partial charge in [-0.1, -0.05) is 18.2 Å². The van der Waals surface area contributed by atoms with Crippen LogP contribution in [0, 0.1) is 0 Å². The molecular weight excluding hydrogens is 242 g/mol. The minimum atomic E-state index is 0.801. The highest BCUT2D eigenvalue weighted by molar-refractivity contribution is 7.17. The zero-order valence-corrected chi connectivity index (χ0v) is 11.8. The van der Waals surface area contributed by atoms with E-state index in [-0.39, 0.29) is 0 Å². The summed E-state index contributed by atoms with van der Waals surface area (Å²) in [5.74, 6) is 0. The van der Waals surface area contributed by atoms with E-state index in [9.17, 15) is 0 Å². The Kier molecular flexibility index (Phi) is 5.65. The molecule has 0 aliphatic heterocycles. The first-order valence-corrected chi connectivity index (χ1v) is 7.44. The molecule has 0 amide bonds. The lowest BCUT2D eigenvalue weighted by atomic mass is 10.1. The van der Waals surface area contributed by atoms with Crippen LogP contribution in [-0.4, -0.2) is 26.8 Å². The van der Waals surface area contributed by atoms with E-state index in [1.54, 1.807) is 7.11 Å². The van der Waals surface area contributed by atoms with Gasteiger partial charge in [0.1, 0.15) is 0 Å². The van der Waals surface area contributed by atoms with Gasteiger partial charge < -0.3 is 10.1 Å². The van der Waals surface area contributed by atoms with Gasteiger partial charge in [-0.15, -0.1) is 11.3 Å². The topological polar surface area (TPSA) is 21.3 Å². The number of thiophene rings is 1. The van der Waals surface area contributed by atoms with Crippen molar-refractivity contribution >= 4 is 21.4 Å². The van der Waals surface area contributed by atoms with Gasteiger partial charge in [-0.05, 0) is 48.2 Å². The van der Waals surface area contributed by atoms with Crippen molar-refractivity contribution in [2.45, 2.75) is 19.3 Å². The number of methoxy groups -OCH3 is 1. The number of benzene rings is 1. The summed E-state index contributed by atoms with van der Waals surface area (Å²) in [6, 6.07) is 8.68. The molecule has 18 heavy (non-hydrogen) atoms. The fourth-order valence-corrected chi connectivity index (χ4v) is 3.09. The van der Waals surface area contributed by atoms with Crippen molar-refractivity contribution in [2.75, 3.05) is 26.8 Å². The van der Waals surface area contributed by atoms with Gasteiger partial charge in [0, 0.05) is 18.4 Å². The highest BCUT2D eigenvalue weighted by Crippen LogP contribution is 2.26. The highest BCUT2D eigenvalue weighted by atomic mass is 32.1. The first-order valence-electron chi connectivity index (χ1n) is 6.56. The Labute approximate surface area is 113 Å². The van der Waals surface area contributed by atoms with Crippen LogP contribution in [0.25, 0.3) is 10.1 Å². The lowest BCUT2D eigenvalue weighted by Crippen LogP contribution is -2.20. The van der Waals surface area contributed by atoms with Gasteiger partial charge in [0.2, 0.25) is 0 Å². The molecule has 0 aliphatic rings. The maximum Gasteiger partial charge on any atom is 0.0587 e. The van der Waals surface area contributed by atoms with E-state index in [4.69, 9.17) is 4.74 Å². The molecule has 3 heteroatoms. The summed E-state index contributed by atoms with van der Waals surface area (Å²) in [5, 5.41) is 7.13. The summed E-state index contributed by atoms with van der Waals surface area (Å²) >= 11 is 1.86. The summed E-state index contributed by atoms with van der Waals surface area (Å²) < 4.78 is 6.40. The van der Waals surface area contributed by atoms with Crippen LogP contribution in [0.4, 0.5) is 0 Å². The summed E-state index contributed by atoms with van der Waals surface area (Å²) in [7, 11) is 1.74. The normalized spacial score (nSPS) is 11.2. The van der Waals surface area contributed by atoms with E-state index in [1.165, 1.54) is 34.9 Å². The molecule has 1 aromatic carbocycles. The SMILES string of the molecule is COCCNCCCCc1csc2ccccc12. The number of ether oxygens (including phenoxy) is 1. The van der Waals surface area contributed by atoms with E-state index >= 15 is 0 Å². The first kappa shape index (κ1) is 13.5. The van der Waals surface area contributed by atoms with Gasteiger partial charge in [-0.3, -0.25) is 0 Å². The lowest BCUT2D eigenvalue weighted by Gasteiger charge is -2.03. The van der Waals surface area contributed by atoms with Gasteiger partial charge >= 0.3 is 0 Å². The molecule has 0 radical (unpaired) electrons. The Hall–Kier alpha value is -0.900. The number of unbranched alkanes of at least 4 members (excludes halogenated alkanes) is 1. The van der Waals surface area contributed by atoms with E-state index in [1.807, 2.05) is 11.3 Å². The Bertz CT molecular complexity index is 466. The third-order valence-corrected chi connectivity index (χ3v) is 4.11. The van der Waals surface area contributed by atoms with Crippen LogP contribution in [0.15, 0.2) is 29.6 Å². The van der Waals surface area contributed by atoms with E-state index in [0.717, 1.165) is 19.7 Å². The van der Waals surface area contributed by atoms with Crippen LogP contribution in [-0.2, 0) is 11.2 Å². The molecule has 0 saturated carbocycles. The van der Waals surface area contributed by atoms with E-state index < -0.39 is 0 Å². The fourth-order valence-electron chi connectivity index (χ4n) is 2.09. The second kappa shape index (κ2) is 7.52. The third-order valence-electron chi connectivity index (χ3n) is 3.09. The second-order valence-electron chi connectivity index (χ2n) is 4.46. The molecule has 2 aromatic rings. The molecule has 0 bridgehead atoms. The summed E-state index contributed by atoms with van der Waals surface area (Å²) in [5.41, 5.74) is 1.51. The van der Waals surface area contributed by atoms with Crippen molar-refractivity contribution in [3.63, 3.8) is 0 Å². The Morgan fingerprint density at radius 1 is 1.17 bits per heavy atom. The third kappa shape index (κ3) is 3.80. The molecule has 1 aromatic heterocycles. The van der Waals surface area contributed by atoms with E-state index in [2.05, 4.69) is 35.0 Å². The number of nitrogens with one attached hydrogen (secondary N) is 1. The number of hydrogen-bond acceptors (Lipinski definition) is 3. The quantitative estimate of drug-likeness (QED) is 0.736. The minimum absolute atomic E-state index is 0.801. The monoisotopic (exact) mass is 263 g/mol. The molecule has 1 heterocycles. The molecule has 98 valence electrons. The van der Waals surface area contributed by atoms with E-state index in [0.29, 0.717) is 0 Å². The van der Waals surface area contributed by atoms with Crippen LogP contribution in [0.2, 0.25) is 0 Å². The molecule has 0 unspecified atom stereocenters. The van der Waals surface area contributed by atoms with Crippen molar-refractivity contribution in [1.82, 2.24) is 5.32 Å². The molecule has 2 nitrogen and oxygen atoms in total. The smallest absolute Gasteiger partial charge is 0.0587 e. The number of aryl methyl sites for hydroxylation is 1. The molecule has 0 atom stereocenters. The Balaban J connectivity index is 1.70. The maximum absolute atomic E-state index is 4.99. The number of rotatable bonds is 8. The molecule has 2 rings (SSSR count). The second-order valence-corrected chi connectivity index (χ2v) is 5.37. The van der Waals surface area contributed by atoms with Gasteiger partial charge in [-0.2, -0.15) is 0 Å². The van der Waals surface area contributed by atoms with Crippen LogP contribution in [0.3, 0.4) is 0 Å². The average molecular weight is 263 g/mol. The highest BCUT2D eigenvalue weighted by Gasteiger charge is 2.02. The number of fused-ring (bicyclic) bond motifs is 1. The van der Waals surface area contributed by atoms with Crippen molar-refractivity contribution in [3.05, 3.63) is 35.2 Å². The predicted molar refractivity (Wildman–Crippen MR) is 79.5 cm³/mol. The van der Waals surface area contributed by atoms with Crippen molar-refractivity contribution in [2.24, 2.45) is 0 Å². The molecule has 0 saturated heterocycles. The fraction of sp³-hybridized carbons (Fsp3) is 0.467. The molecule has 0 fully saturated rings. The van der Waals surface area contributed by atoms with Crippen LogP contribution >= 0.6 is 11.3 Å². The summed E-state index contributed by atoms with van der Waals surface area (Å²) in [4.78, 5) is 0. The maximum atomic E-state index is 4.99. The number of hydrogen-bond donors (Lipinski definition) is 1. The van der Waals surface area contributed by atoms with Crippen molar-refractivity contribution in [1.29, 1.82) is 0 Å². The Morgan fingerprint density at radius 3 is 2.94 bits per heavy atom. The van der Waals surface area contributed by atoms with Gasteiger partial charge in [0.25, 0.3) is 0 Å². The van der Waals surface area contributed by atoms with Crippen LogP contribution in [0.1, 0.15) is 18.4 Å². The first-order chi connectivity index (χ1) is 8.92. The predicted octanol–water partition coefficient (Wildman–Crippen LogP) is 3.46. The van der Waals surface area contributed by atoms with Crippen molar-refractivity contribution in [3.8, 4) is 0 Å². The lowest BCUT2D eigenvalue weighted by molar-refractivity contribution is 0.199. The minimum Gasteiger partial charge on any atom is -0.383 e.